The Kier molecular flexibility index (Phi) is 4.97. The third kappa shape index (κ3) is 3.48. The predicted molar refractivity (Wildman–Crippen MR) is 94.8 cm³/mol. The Hall–Kier alpha value is -1.74. The number of aromatic nitrogens is 2. The summed E-state index contributed by atoms with van der Waals surface area (Å²) >= 11 is 0. The number of nitrogens with zero attached hydrogens (tertiary/aromatic N) is 4. The van der Waals surface area contributed by atoms with Gasteiger partial charge in [-0.25, -0.2) is 18.4 Å². The summed E-state index contributed by atoms with van der Waals surface area (Å²) in [5, 5.41) is 3.12. The SMILES string of the molecule is CCS(=O)(=O)N1CCc2c(nc(C3CCN(C(C)=O)C3)nc2NC)C1. The van der Waals surface area contributed by atoms with Gasteiger partial charge in [0.25, 0.3) is 0 Å². The van der Waals surface area contributed by atoms with Gasteiger partial charge >= 0.3 is 0 Å². The summed E-state index contributed by atoms with van der Waals surface area (Å²) in [4.78, 5) is 22.7. The van der Waals surface area contributed by atoms with Crippen LogP contribution in [0.3, 0.4) is 0 Å². The van der Waals surface area contributed by atoms with Crippen molar-refractivity contribution in [3.05, 3.63) is 17.1 Å². The highest BCUT2D eigenvalue weighted by Crippen LogP contribution is 2.30. The van der Waals surface area contributed by atoms with E-state index in [0.29, 0.717) is 38.4 Å². The highest BCUT2D eigenvalue weighted by atomic mass is 32.2. The third-order valence-corrected chi connectivity index (χ3v) is 6.87. The number of hydrogen-bond donors (Lipinski definition) is 1. The van der Waals surface area contributed by atoms with Crippen molar-refractivity contribution in [2.75, 3.05) is 37.8 Å². The molecule has 1 saturated heterocycles. The van der Waals surface area contributed by atoms with Crippen LogP contribution in [0.15, 0.2) is 0 Å². The molecule has 8 nitrogen and oxygen atoms in total. The molecule has 1 unspecified atom stereocenters. The minimum atomic E-state index is -3.24. The molecule has 9 heteroatoms. The Balaban J connectivity index is 1.91. The summed E-state index contributed by atoms with van der Waals surface area (Å²) in [6.45, 7) is 5.31. The molecule has 1 fully saturated rings. The number of hydrogen-bond acceptors (Lipinski definition) is 6. The fraction of sp³-hybridized carbons (Fsp3) is 0.688. The van der Waals surface area contributed by atoms with E-state index in [2.05, 4.69) is 10.3 Å². The molecule has 0 spiro atoms. The van der Waals surface area contributed by atoms with Gasteiger partial charge in [-0.2, -0.15) is 4.31 Å². The lowest BCUT2D eigenvalue weighted by molar-refractivity contribution is -0.127. The summed E-state index contributed by atoms with van der Waals surface area (Å²) in [5.41, 5.74) is 1.77. The summed E-state index contributed by atoms with van der Waals surface area (Å²) in [6, 6.07) is 0. The average Bonchev–Trinajstić information content (AvgIpc) is 3.10. The van der Waals surface area contributed by atoms with Crippen LogP contribution in [-0.4, -0.2) is 65.9 Å². The highest BCUT2D eigenvalue weighted by molar-refractivity contribution is 7.89. The first-order chi connectivity index (χ1) is 11.9. The molecule has 1 aromatic heterocycles. The standard InChI is InChI=1S/C16H25N5O3S/c1-4-25(23,24)21-8-6-13-14(10-21)18-15(19-16(13)17-3)12-5-7-20(9-12)11(2)22/h12H,4-10H2,1-3H3,(H,17,18,19). The van der Waals surface area contributed by atoms with Crippen molar-refractivity contribution >= 4 is 21.7 Å². The lowest BCUT2D eigenvalue weighted by Crippen LogP contribution is -2.38. The zero-order valence-electron chi connectivity index (χ0n) is 14.9. The first-order valence-electron chi connectivity index (χ1n) is 8.66. The molecule has 2 aliphatic heterocycles. The van der Waals surface area contributed by atoms with E-state index in [1.54, 1.807) is 18.7 Å². The number of carbonyl (C=O) groups excluding carboxylic acids is 1. The van der Waals surface area contributed by atoms with Gasteiger partial charge in [-0.15, -0.1) is 0 Å². The molecule has 25 heavy (non-hydrogen) atoms. The number of amides is 1. The van der Waals surface area contributed by atoms with E-state index in [-0.39, 0.29) is 17.6 Å². The Morgan fingerprint density at radius 1 is 1.32 bits per heavy atom. The summed E-state index contributed by atoms with van der Waals surface area (Å²) in [7, 11) is -1.42. The van der Waals surface area contributed by atoms with Crippen LogP contribution in [0.5, 0.6) is 0 Å². The monoisotopic (exact) mass is 367 g/mol. The number of likely N-dealkylation sites (tertiary alicyclic amines) is 1. The molecule has 138 valence electrons. The van der Waals surface area contributed by atoms with Crippen LogP contribution in [0.1, 0.15) is 43.3 Å². The quantitative estimate of drug-likeness (QED) is 0.836. The van der Waals surface area contributed by atoms with Crippen molar-refractivity contribution < 1.29 is 13.2 Å². The lowest BCUT2D eigenvalue weighted by Gasteiger charge is -2.28. The Labute approximate surface area is 148 Å². The maximum atomic E-state index is 12.2. The van der Waals surface area contributed by atoms with E-state index in [1.165, 1.54) is 4.31 Å². The molecular weight excluding hydrogens is 342 g/mol. The predicted octanol–water partition coefficient (Wildman–Crippen LogP) is 0.562. The van der Waals surface area contributed by atoms with Gasteiger partial charge in [0.15, 0.2) is 0 Å². The van der Waals surface area contributed by atoms with Gasteiger partial charge in [0.1, 0.15) is 11.6 Å². The highest BCUT2D eigenvalue weighted by Gasteiger charge is 2.32. The van der Waals surface area contributed by atoms with Crippen LogP contribution in [0, 0.1) is 0 Å². The van der Waals surface area contributed by atoms with Crippen molar-refractivity contribution in [1.29, 1.82) is 0 Å². The fourth-order valence-corrected chi connectivity index (χ4v) is 4.55. The Morgan fingerprint density at radius 2 is 2.08 bits per heavy atom. The average molecular weight is 367 g/mol. The molecule has 1 N–H and O–H groups in total. The number of anilines is 1. The summed E-state index contributed by atoms with van der Waals surface area (Å²) in [5.74, 6) is 1.72. The van der Waals surface area contributed by atoms with Gasteiger partial charge in [0, 0.05) is 45.1 Å². The van der Waals surface area contributed by atoms with Crippen LogP contribution in [0.4, 0.5) is 5.82 Å². The smallest absolute Gasteiger partial charge is 0.219 e. The zero-order chi connectivity index (χ0) is 18.2. The van der Waals surface area contributed by atoms with E-state index in [1.807, 2.05) is 7.05 Å². The molecule has 1 aromatic rings. The van der Waals surface area contributed by atoms with Crippen molar-refractivity contribution in [2.45, 2.75) is 39.2 Å². The molecule has 1 atom stereocenters. The van der Waals surface area contributed by atoms with E-state index in [9.17, 15) is 13.2 Å². The molecule has 0 saturated carbocycles. The van der Waals surface area contributed by atoms with E-state index in [0.717, 1.165) is 23.5 Å². The second kappa shape index (κ2) is 6.87. The third-order valence-electron chi connectivity index (χ3n) is 5.04. The van der Waals surface area contributed by atoms with Crippen LogP contribution in [0.25, 0.3) is 0 Å². The lowest BCUT2D eigenvalue weighted by atomic mass is 10.0. The molecule has 0 bridgehead atoms. The van der Waals surface area contributed by atoms with Gasteiger partial charge < -0.3 is 10.2 Å². The van der Waals surface area contributed by atoms with Crippen molar-refractivity contribution in [3.63, 3.8) is 0 Å². The van der Waals surface area contributed by atoms with Gasteiger partial charge in [-0.05, 0) is 19.8 Å². The van der Waals surface area contributed by atoms with Crippen LogP contribution in [0.2, 0.25) is 0 Å². The second-order valence-corrected chi connectivity index (χ2v) is 8.80. The van der Waals surface area contributed by atoms with Gasteiger partial charge in [0.2, 0.25) is 15.9 Å². The summed E-state index contributed by atoms with van der Waals surface area (Å²) < 4.78 is 25.9. The van der Waals surface area contributed by atoms with E-state index >= 15 is 0 Å². The maximum absolute atomic E-state index is 12.2. The first kappa shape index (κ1) is 18.1. The largest absolute Gasteiger partial charge is 0.373 e. The van der Waals surface area contributed by atoms with Crippen molar-refractivity contribution in [3.8, 4) is 0 Å². The van der Waals surface area contributed by atoms with Crippen LogP contribution >= 0.6 is 0 Å². The van der Waals surface area contributed by atoms with Gasteiger partial charge in [-0.1, -0.05) is 0 Å². The normalized spacial score (nSPS) is 21.2. The first-order valence-corrected chi connectivity index (χ1v) is 10.3. The van der Waals surface area contributed by atoms with Gasteiger partial charge in [0.05, 0.1) is 18.0 Å². The minimum Gasteiger partial charge on any atom is -0.373 e. The Morgan fingerprint density at radius 3 is 2.68 bits per heavy atom. The molecule has 0 radical (unpaired) electrons. The second-order valence-electron chi connectivity index (χ2n) is 6.54. The molecule has 1 amide bonds. The number of fused-ring (bicyclic) bond motifs is 1. The van der Waals surface area contributed by atoms with E-state index in [4.69, 9.17) is 4.98 Å². The topological polar surface area (TPSA) is 95.5 Å². The number of sulfonamides is 1. The number of rotatable bonds is 4. The molecule has 3 rings (SSSR count). The van der Waals surface area contributed by atoms with Crippen LogP contribution in [-0.2, 0) is 27.8 Å². The van der Waals surface area contributed by atoms with Crippen molar-refractivity contribution in [1.82, 2.24) is 19.2 Å². The fourth-order valence-electron chi connectivity index (χ4n) is 3.49. The zero-order valence-corrected chi connectivity index (χ0v) is 15.8. The van der Waals surface area contributed by atoms with E-state index < -0.39 is 10.0 Å². The number of nitrogens with one attached hydrogen (secondary N) is 1. The van der Waals surface area contributed by atoms with Crippen molar-refractivity contribution in [2.24, 2.45) is 0 Å². The minimum absolute atomic E-state index is 0.0644. The molecule has 0 aliphatic carbocycles. The summed E-state index contributed by atoms with van der Waals surface area (Å²) in [6.07, 6.45) is 1.44. The maximum Gasteiger partial charge on any atom is 0.219 e. The van der Waals surface area contributed by atoms with Crippen LogP contribution < -0.4 is 5.32 Å². The molecular formula is C16H25N5O3S. The molecule has 0 aromatic carbocycles. The van der Waals surface area contributed by atoms with Gasteiger partial charge in [-0.3, -0.25) is 4.79 Å². The Bertz CT molecular complexity index is 780. The molecule has 3 heterocycles. The number of carbonyl (C=O) groups is 1. The molecule has 2 aliphatic rings.